The molecule has 1 fully saturated rings. The number of nitrogens with one attached hydrogen (secondary N) is 1. The van der Waals surface area contributed by atoms with Gasteiger partial charge in [0.2, 0.25) is 0 Å². The van der Waals surface area contributed by atoms with Crippen molar-refractivity contribution in [2.75, 3.05) is 10.8 Å². The van der Waals surface area contributed by atoms with Gasteiger partial charge in [-0.15, -0.1) is 0 Å². The maximum Gasteiger partial charge on any atom is 0.179 e. The molecule has 194 valence electrons. The highest BCUT2D eigenvalue weighted by atomic mass is 32.2. The minimum absolute atomic E-state index is 0.0114. The van der Waals surface area contributed by atoms with Gasteiger partial charge in [0.25, 0.3) is 0 Å². The minimum Gasteiger partial charge on any atom is -0.487 e. The highest BCUT2D eigenvalue weighted by molar-refractivity contribution is 8.04. The first kappa shape index (κ1) is 25.6. The maximum absolute atomic E-state index is 14.2. The van der Waals surface area contributed by atoms with Crippen molar-refractivity contribution in [3.05, 3.63) is 94.9 Å². The van der Waals surface area contributed by atoms with Gasteiger partial charge in [0.15, 0.2) is 11.5 Å². The van der Waals surface area contributed by atoms with E-state index >= 15 is 0 Å². The molecule has 2 unspecified atom stereocenters. The summed E-state index contributed by atoms with van der Waals surface area (Å²) in [6, 6.07) is 19.3. The molecule has 5 rings (SSSR count). The Morgan fingerprint density at radius 3 is 2.73 bits per heavy atom. The Hall–Kier alpha value is -3.03. The molecule has 2 aliphatic heterocycles. The molecular formula is C30H34FN3O2S. The van der Waals surface area contributed by atoms with E-state index in [2.05, 4.69) is 22.6 Å². The lowest BCUT2D eigenvalue weighted by Crippen LogP contribution is -2.52. The van der Waals surface area contributed by atoms with Gasteiger partial charge < -0.3 is 19.1 Å². The molecule has 1 aromatic heterocycles. The lowest BCUT2D eigenvalue weighted by molar-refractivity contribution is 0.217. The van der Waals surface area contributed by atoms with Crippen molar-refractivity contribution in [3.8, 4) is 11.5 Å². The minimum atomic E-state index is -0.216. The summed E-state index contributed by atoms with van der Waals surface area (Å²) in [7, 11) is 0. The van der Waals surface area contributed by atoms with Crippen LogP contribution >= 0.6 is 11.9 Å². The SMILES string of the molecule is CC1CC2(C=C(Cc3cc(OC(C)C)c(OCc4ccccc4)cn3)SN2c2cccc(F)c2)CCN1. The van der Waals surface area contributed by atoms with E-state index in [-0.39, 0.29) is 17.5 Å². The molecule has 1 N–H and O–H groups in total. The Kier molecular flexibility index (Phi) is 7.72. The smallest absolute Gasteiger partial charge is 0.179 e. The summed E-state index contributed by atoms with van der Waals surface area (Å²) in [6.45, 7) is 7.61. The van der Waals surface area contributed by atoms with Crippen LogP contribution in [0.5, 0.6) is 11.5 Å². The fourth-order valence-corrected chi connectivity index (χ4v) is 6.41. The molecule has 3 heterocycles. The number of halogens is 1. The number of pyridine rings is 1. The Balaban J connectivity index is 1.38. The van der Waals surface area contributed by atoms with Crippen LogP contribution in [0.2, 0.25) is 0 Å². The van der Waals surface area contributed by atoms with Crippen LogP contribution in [0.15, 0.2) is 77.8 Å². The van der Waals surface area contributed by atoms with E-state index < -0.39 is 0 Å². The summed E-state index contributed by atoms with van der Waals surface area (Å²) in [5.41, 5.74) is 2.74. The summed E-state index contributed by atoms with van der Waals surface area (Å²) >= 11 is 1.69. The van der Waals surface area contributed by atoms with Gasteiger partial charge in [-0.05, 0) is 81.9 Å². The van der Waals surface area contributed by atoms with Crippen molar-refractivity contribution < 1.29 is 13.9 Å². The summed E-state index contributed by atoms with van der Waals surface area (Å²) in [5, 5.41) is 3.55. The van der Waals surface area contributed by atoms with Crippen LogP contribution in [0, 0.1) is 5.82 Å². The van der Waals surface area contributed by atoms with Crippen molar-refractivity contribution in [1.82, 2.24) is 10.3 Å². The molecule has 1 spiro atoms. The predicted octanol–water partition coefficient (Wildman–Crippen LogP) is 6.69. The third-order valence-corrected chi connectivity index (χ3v) is 7.89. The highest BCUT2D eigenvalue weighted by Gasteiger charge is 2.44. The second-order valence-corrected chi connectivity index (χ2v) is 11.2. The van der Waals surface area contributed by atoms with E-state index in [0.717, 1.165) is 36.3 Å². The van der Waals surface area contributed by atoms with Crippen LogP contribution in [0.1, 0.15) is 44.9 Å². The number of hydrogen-bond donors (Lipinski definition) is 1. The molecule has 3 aromatic rings. The highest BCUT2D eigenvalue weighted by Crippen LogP contribution is 2.49. The van der Waals surface area contributed by atoms with Gasteiger partial charge in [-0.2, -0.15) is 0 Å². The molecular weight excluding hydrogens is 485 g/mol. The normalized spacial score (nSPS) is 21.4. The van der Waals surface area contributed by atoms with Gasteiger partial charge in [-0.25, -0.2) is 4.39 Å². The van der Waals surface area contributed by atoms with Crippen molar-refractivity contribution >= 4 is 17.6 Å². The number of ether oxygens (including phenoxy) is 2. The summed E-state index contributed by atoms with van der Waals surface area (Å²) in [5.74, 6) is 1.12. The molecule has 0 saturated carbocycles. The largest absolute Gasteiger partial charge is 0.487 e. The number of hydrogen-bond acceptors (Lipinski definition) is 6. The lowest BCUT2D eigenvalue weighted by Gasteiger charge is -2.43. The fraction of sp³-hybridized carbons (Fsp3) is 0.367. The molecule has 0 amide bonds. The fourth-order valence-electron chi connectivity index (χ4n) is 5.07. The van der Waals surface area contributed by atoms with E-state index in [1.165, 1.54) is 11.0 Å². The van der Waals surface area contributed by atoms with Gasteiger partial charge in [0.1, 0.15) is 12.4 Å². The Bertz CT molecular complexity index is 1250. The predicted molar refractivity (Wildman–Crippen MR) is 148 cm³/mol. The molecule has 0 aliphatic carbocycles. The van der Waals surface area contributed by atoms with Gasteiger partial charge in [-0.1, -0.05) is 36.4 Å². The number of piperidine rings is 1. The molecule has 1 saturated heterocycles. The quantitative estimate of drug-likeness (QED) is 0.335. The van der Waals surface area contributed by atoms with Crippen LogP contribution in [0.3, 0.4) is 0 Å². The van der Waals surface area contributed by atoms with E-state index in [4.69, 9.17) is 14.5 Å². The summed E-state index contributed by atoms with van der Waals surface area (Å²) in [6.07, 6.45) is 6.76. The number of aromatic nitrogens is 1. The van der Waals surface area contributed by atoms with Crippen LogP contribution in [0.4, 0.5) is 10.1 Å². The monoisotopic (exact) mass is 519 g/mol. The Labute approximate surface area is 223 Å². The van der Waals surface area contributed by atoms with Gasteiger partial charge in [0, 0.05) is 29.1 Å². The number of benzene rings is 2. The van der Waals surface area contributed by atoms with Gasteiger partial charge >= 0.3 is 0 Å². The van der Waals surface area contributed by atoms with Crippen LogP contribution in [-0.2, 0) is 13.0 Å². The first-order valence-corrected chi connectivity index (χ1v) is 13.7. The standard InChI is InChI=1S/C30H34FN3O2S/c1-21(2)36-28-16-25(33-19-29(28)35-20-23-8-5-4-6-9-23)15-27-18-30(12-13-32-22(3)17-30)34(37-27)26-11-7-10-24(31)14-26/h4-11,14,16,18-19,21-22,32H,12-13,15,17,20H2,1-3H3. The van der Waals surface area contributed by atoms with E-state index in [1.807, 2.05) is 56.3 Å². The number of rotatable bonds is 8. The first-order chi connectivity index (χ1) is 17.9. The van der Waals surface area contributed by atoms with Gasteiger partial charge in [0.05, 0.1) is 23.5 Å². The topological polar surface area (TPSA) is 46.6 Å². The van der Waals surface area contributed by atoms with Crippen LogP contribution < -0.4 is 19.1 Å². The second-order valence-electron chi connectivity index (χ2n) is 10.1. The zero-order chi connectivity index (χ0) is 25.8. The van der Waals surface area contributed by atoms with Crippen molar-refractivity contribution in [1.29, 1.82) is 0 Å². The average molecular weight is 520 g/mol. The molecule has 5 nitrogen and oxygen atoms in total. The molecule has 0 radical (unpaired) electrons. The van der Waals surface area contributed by atoms with E-state index in [1.54, 1.807) is 30.3 Å². The molecule has 0 bridgehead atoms. The number of allylic oxidation sites excluding steroid dienone is 1. The number of nitrogens with zero attached hydrogens (tertiary/aromatic N) is 2. The zero-order valence-electron chi connectivity index (χ0n) is 21.6. The Morgan fingerprint density at radius 1 is 1.14 bits per heavy atom. The lowest BCUT2D eigenvalue weighted by atomic mass is 9.83. The maximum atomic E-state index is 14.2. The molecule has 2 aromatic carbocycles. The number of anilines is 1. The zero-order valence-corrected chi connectivity index (χ0v) is 22.4. The van der Waals surface area contributed by atoms with Crippen LogP contribution in [0.25, 0.3) is 0 Å². The molecule has 37 heavy (non-hydrogen) atoms. The van der Waals surface area contributed by atoms with E-state index in [0.29, 0.717) is 30.6 Å². The third kappa shape index (κ3) is 6.11. The van der Waals surface area contributed by atoms with Crippen molar-refractivity contribution in [3.63, 3.8) is 0 Å². The Morgan fingerprint density at radius 2 is 1.97 bits per heavy atom. The van der Waals surface area contributed by atoms with Crippen molar-refractivity contribution in [2.45, 2.75) is 64.3 Å². The summed E-state index contributed by atoms with van der Waals surface area (Å²) < 4.78 is 28.6. The third-order valence-electron chi connectivity index (χ3n) is 6.64. The van der Waals surface area contributed by atoms with Crippen molar-refractivity contribution in [2.24, 2.45) is 0 Å². The summed E-state index contributed by atoms with van der Waals surface area (Å²) in [4.78, 5) is 5.94. The first-order valence-electron chi connectivity index (χ1n) is 12.9. The molecule has 2 aliphatic rings. The van der Waals surface area contributed by atoms with Gasteiger partial charge in [-0.3, -0.25) is 4.98 Å². The average Bonchev–Trinajstić information content (AvgIpc) is 3.20. The molecule has 2 atom stereocenters. The second kappa shape index (κ2) is 11.2. The van der Waals surface area contributed by atoms with Crippen LogP contribution in [-0.4, -0.2) is 29.2 Å². The molecule has 7 heteroatoms. The van der Waals surface area contributed by atoms with E-state index in [9.17, 15) is 4.39 Å².